The molecule has 0 spiro atoms. The van der Waals surface area contributed by atoms with E-state index >= 15 is 0 Å². The fourth-order valence-corrected chi connectivity index (χ4v) is 4.63. The van der Waals surface area contributed by atoms with E-state index in [1.807, 2.05) is 65.0 Å². The number of esters is 1. The Kier molecular flexibility index (Phi) is 14.0. The molecule has 0 amide bonds. The van der Waals surface area contributed by atoms with Gasteiger partial charge in [-0.25, -0.2) is 9.59 Å². The van der Waals surface area contributed by atoms with E-state index in [0.717, 1.165) is 23.6 Å². The van der Waals surface area contributed by atoms with E-state index < -0.39 is 18.0 Å². The lowest BCUT2D eigenvalue weighted by atomic mass is 9.83. The highest BCUT2D eigenvalue weighted by molar-refractivity contribution is 5.85. The Morgan fingerprint density at radius 2 is 1.68 bits per heavy atom. The van der Waals surface area contributed by atoms with Crippen molar-refractivity contribution < 1.29 is 29.3 Å². The number of hydrogen-bond acceptors (Lipinski definition) is 5. The van der Waals surface area contributed by atoms with Gasteiger partial charge in [0.2, 0.25) is 0 Å². The lowest BCUT2D eigenvalue weighted by Gasteiger charge is -2.25. The smallest absolute Gasteiger partial charge is 0.331 e. The lowest BCUT2D eigenvalue weighted by Crippen LogP contribution is -2.34. The normalized spacial score (nSPS) is 23.3. The first-order chi connectivity index (χ1) is 17.7. The summed E-state index contributed by atoms with van der Waals surface area (Å²) in [5, 5.41) is 19.5. The number of rotatable bonds is 14. The predicted octanol–water partition coefficient (Wildman–Crippen LogP) is 6.39. The summed E-state index contributed by atoms with van der Waals surface area (Å²) < 4.78 is 5.34. The molecule has 0 aromatic carbocycles. The number of carboxylic acid groups (broad SMARTS) is 1. The number of allylic oxidation sites excluding steroid dienone is 8. The van der Waals surface area contributed by atoms with Gasteiger partial charge in [0.15, 0.2) is 0 Å². The first-order valence-corrected chi connectivity index (χ1v) is 13.4. The van der Waals surface area contributed by atoms with Crippen molar-refractivity contribution in [3.63, 3.8) is 0 Å². The lowest BCUT2D eigenvalue weighted by molar-refractivity contribution is -0.143. The largest absolute Gasteiger partial charge is 0.478 e. The van der Waals surface area contributed by atoms with E-state index in [1.54, 1.807) is 13.8 Å². The number of aliphatic carboxylic acids is 1. The van der Waals surface area contributed by atoms with E-state index in [-0.39, 0.29) is 35.6 Å². The zero-order valence-corrected chi connectivity index (χ0v) is 24.2. The maximum atomic E-state index is 12.9. The van der Waals surface area contributed by atoms with Crippen molar-refractivity contribution in [3.05, 3.63) is 71.4 Å². The Bertz CT molecular complexity index is 1010. The minimum Gasteiger partial charge on any atom is -0.478 e. The minimum absolute atomic E-state index is 0.0378. The Morgan fingerprint density at radius 3 is 2.32 bits per heavy atom. The fourth-order valence-electron chi connectivity index (χ4n) is 4.63. The molecular formula is C32H46O6. The molecule has 0 radical (unpaired) electrons. The summed E-state index contributed by atoms with van der Waals surface area (Å²) in [6, 6.07) is 0. The summed E-state index contributed by atoms with van der Waals surface area (Å²) in [4.78, 5) is 35.2. The zero-order valence-electron chi connectivity index (χ0n) is 24.2. The third-order valence-corrected chi connectivity index (χ3v) is 6.81. The van der Waals surface area contributed by atoms with Gasteiger partial charge in [-0.15, -0.1) is 0 Å². The van der Waals surface area contributed by atoms with E-state index in [0.29, 0.717) is 17.9 Å². The molecule has 6 heteroatoms. The molecule has 38 heavy (non-hydrogen) atoms. The molecule has 1 heterocycles. The number of ketones is 1. The van der Waals surface area contributed by atoms with Crippen LogP contribution < -0.4 is 0 Å². The molecule has 1 rings (SSSR count). The number of Topliss-reactive ketones (excluding diaryl/α,β-unsaturated/α-hetero) is 1. The van der Waals surface area contributed by atoms with Gasteiger partial charge < -0.3 is 14.9 Å². The first kappa shape index (κ1) is 33.0. The van der Waals surface area contributed by atoms with Crippen molar-refractivity contribution in [1.82, 2.24) is 0 Å². The summed E-state index contributed by atoms with van der Waals surface area (Å²) in [5.41, 5.74) is 2.75. The zero-order chi connectivity index (χ0) is 29.0. The van der Waals surface area contributed by atoms with Crippen LogP contribution in [-0.4, -0.2) is 40.1 Å². The topological polar surface area (TPSA) is 101 Å². The van der Waals surface area contributed by atoms with Gasteiger partial charge in [-0.1, -0.05) is 87.8 Å². The van der Waals surface area contributed by atoms with Crippen LogP contribution in [-0.2, 0) is 19.1 Å². The van der Waals surface area contributed by atoms with Crippen molar-refractivity contribution >= 4 is 17.7 Å². The maximum Gasteiger partial charge on any atom is 0.331 e. The molecule has 0 saturated carbocycles. The van der Waals surface area contributed by atoms with Crippen LogP contribution in [0.25, 0.3) is 0 Å². The molecule has 1 aliphatic heterocycles. The Labute approximate surface area is 228 Å². The molecule has 0 aromatic rings. The molecule has 0 unspecified atom stereocenters. The number of hydrogen-bond donors (Lipinski definition) is 2. The van der Waals surface area contributed by atoms with Crippen molar-refractivity contribution in [2.45, 2.75) is 80.4 Å². The number of carboxylic acids is 1. The summed E-state index contributed by atoms with van der Waals surface area (Å²) in [6.45, 7) is 15.3. The van der Waals surface area contributed by atoms with Gasteiger partial charge >= 0.3 is 11.9 Å². The quantitative estimate of drug-likeness (QED) is 0.154. The van der Waals surface area contributed by atoms with Gasteiger partial charge in [0, 0.05) is 29.9 Å². The standard InChI is InChI=1S/C32H46O6/c1-20(16-22(3)12-14-28-24(5)13-15-30(35)38-28)10-9-11-21(2)17-25(6)31(36)27(8)32(37)26(7)18-23(4)19-29(33)34/h9,11-17,19-20,24-28,32,37H,10,18H2,1-8H3,(H,33,34)/b11-9+,14-12+,21-17+,22-16+,23-19+/t20-,24+,25+,26+,27-,28-,32+/m0/s1. The second kappa shape index (κ2) is 16.1. The van der Waals surface area contributed by atoms with Crippen LogP contribution in [0, 0.1) is 29.6 Å². The second-order valence-electron chi connectivity index (χ2n) is 10.9. The van der Waals surface area contributed by atoms with Crippen molar-refractivity contribution in [2.75, 3.05) is 0 Å². The highest BCUT2D eigenvalue weighted by atomic mass is 16.5. The average molecular weight is 527 g/mol. The Balaban J connectivity index is 2.63. The molecule has 0 aromatic heterocycles. The molecule has 6 nitrogen and oxygen atoms in total. The van der Waals surface area contributed by atoms with Gasteiger partial charge in [-0.3, -0.25) is 4.79 Å². The average Bonchev–Trinajstić information content (AvgIpc) is 2.82. The SMILES string of the molecule is CC(/C=C/[C@@H]1OC(=O)C=C[C@H]1C)=C\[C@@H](C)C/C=C/C(C)=C/[C@@H](C)C(=O)[C@H](C)[C@H](O)[C@H](C)C/C(C)=C/C(=O)O. The van der Waals surface area contributed by atoms with Crippen LogP contribution in [0.5, 0.6) is 0 Å². The van der Waals surface area contributed by atoms with Crippen LogP contribution in [0.3, 0.4) is 0 Å². The number of aliphatic hydroxyl groups excluding tert-OH is 1. The molecule has 0 bridgehead atoms. The number of cyclic esters (lactones) is 1. The highest BCUT2D eigenvalue weighted by Gasteiger charge is 2.29. The molecule has 0 fully saturated rings. The number of carbonyl (C=O) groups excluding carboxylic acids is 2. The van der Waals surface area contributed by atoms with Crippen LogP contribution >= 0.6 is 0 Å². The highest BCUT2D eigenvalue weighted by Crippen LogP contribution is 2.24. The first-order valence-electron chi connectivity index (χ1n) is 13.4. The monoisotopic (exact) mass is 526 g/mol. The van der Waals surface area contributed by atoms with Crippen molar-refractivity contribution in [1.29, 1.82) is 0 Å². The summed E-state index contributed by atoms with van der Waals surface area (Å²) >= 11 is 0. The molecule has 0 aliphatic carbocycles. The Morgan fingerprint density at radius 1 is 1.05 bits per heavy atom. The van der Waals surface area contributed by atoms with E-state index in [1.165, 1.54) is 6.08 Å². The van der Waals surface area contributed by atoms with E-state index in [9.17, 15) is 19.5 Å². The number of carbonyl (C=O) groups is 3. The maximum absolute atomic E-state index is 12.9. The van der Waals surface area contributed by atoms with Crippen LogP contribution in [0.1, 0.15) is 68.2 Å². The summed E-state index contributed by atoms with van der Waals surface area (Å²) in [7, 11) is 0. The Hall–Kier alpha value is -2.99. The van der Waals surface area contributed by atoms with E-state index in [4.69, 9.17) is 9.84 Å². The van der Waals surface area contributed by atoms with Crippen molar-refractivity contribution in [3.8, 4) is 0 Å². The van der Waals surface area contributed by atoms with Crippen LogP contribution in [0.15, 0.2) is 71.4 Å². The molecule has 7 atom stereocenters. The molecule has 2 N–H and O–H groups in total. The molecular weight excluding hydrogens is 480 g/mol. The molecule has 210 valence electrons. The predicted molar refractivity (Wildman–Crippen MR) is 152 cm³/mol. The van der Waals surface area contributed by atoms with Gasteiger partial charge in [-0.2, -0.15) is 0 Å². The number of ether oxygens (including phenoxy) is 1. The third-order valence-electron chi connectivity index (χ3n) is 6.81. The van der Waals surface area contributed by atoms with Gasteiger partial charge in [-0.05, 0) is 51.5 Å². The number of aliphatic hydroxyl groups is 1. The van der Waals surface area contributed by atoms with Crippen molar-refractivity contribution in [2.24, 2.45) is 29.6 Å². The van der Waals surface area contributed by atoms with Gasteiger partial charge in [0.25, 0.3) is 0 Å². The van der Waals surface area contributed by atoms with Crippen LogP contribution in [0.2, 0.25) is 0 Å². The van der Waals surface area contributed by atoms with Gasteiger partial charge in [0.1, 0.15) is 11.9 Å². The van der Waals surface area contributed by atoms with Gasteiger partial charge in [0.05, 0.1) is 6.10 Å². The summed E-state index contributed by atoms with van der Waals surface area (Å²) in [5.74, 6) is -2.02. The second-order valence-corrected chi connectivity index (χ2v) is 10.9. The molecule has 1 aliphatic rings. The summed E-state index contributed by atoms with van der Waals surface area (Å²) in [6.07, 6.45) is 16.8. The fraction of sp³-hybridized carbons (Fsp3) is 0.531. The minimum atomic E-state index is -1.01. The van der Waals surface area contributed by atoms with Crippen LogP contribution in [0.4, 0.5) is 0 Å². The third kappa shape index (κ3) is 12.0. The molecule has 0 saturated heterocycles. The van der Waals surface area contributed by atoms with E-state index in [2.05, 4.69) is 19.1 Å².